The molecule has 0 unspecified atom stereocenters. The van der Waals surface area contributed by atoms with Crippen molar-refractivity contribution in [2.45, 2.75) is 47.6 Å². The molecule has 1 aromatic carbocycles. The molecule has 0 fully saturated rings. The monoisotopic (exact) mass is 490 g/mol. The van der Waals surface area contributed by atoms with Gasteiger partial charge in [-0.25, -0.2) is 4.99 Å². The van der Waals surface area contributed by atoms with Crippen molar-refractivity contribution in [2.24, 2.45) is 4.99 Å². The van der Waals surface area contributed by atoms with Gasteiger partial charge in [-0.1, -0.05) is 12.1 Å². The minimum atomic E-state index is 0. The largest absolute Gasteiger partial charge is 0.494 e. The number of halogens is 1. The Labute approximate surface area is 181 Å². The minimum Gasteiger partial charge on any atom is -0.494 e. The van der Waals surface area contributed by atoms with E-state index < -0.39 is 0 Å². The van der Waals surface area contributed by atoms with Gasteiger partial charge in [-0.15, -0.1) is 24.0 Å². The van der Waals surface area contributed by atoms with Crippen molar-refractivity contribution in [3.05, 3.63) is 29.3 Å². The first-order valence-corrected chi connectivity index (χ1v) is 9.57. The zero-order valence-corrected chi connectivity index (χ0v) is 19.6. The van der Waals surface area contributed by atoms with Crippen molar-refractivity contribution >= 4 is 35.8 Å². The summed E-state index contributed by atoms with van der Waals surface area (Å²) < 4.78 is 5.57. The predicted molar refractivity (Wildman–Crippen MR) is 123 cm³/mol. The first kappa shape index (κ1) is 25.5. The van der Waals surface area contributed by atoms with E-state index in [4.69, 9.17) is 4.74 Å². The summed E-state index contributed by atoms with van der Waals surface area (Å²) in [5.41, 5.74) is 2.24. The Hall–Kier alpha value is -1.51. The predicted octanol–water partition coefficient (Wildman–Crippen LogP) is 3.33. The van der Waals surface area contributed by atoms with Gasteiger partial charge in [0.2, 0.25) is 5.91 Å². The van der Waals surface area contributed by atoms with E-state index in [1.807, 2.05) is 51.7 Å². The Morgan fingerprint density at radius 1 is 1.15 bits per heavy atom. The fourth-order valence-electron chi connectivity index (χ4n) is 2.66. The average Bonchev–Trinajstić information content (AvgIpc) is 2.63. The molecule has 7 heteroatoms. The van der Waals surface area contributed by atoms with Gasteiger partial charge in [0, 0.05) is 32.6 Å². The van der Waals surface area contributed by atoms with Crippen LogP contribution in [0.4, 0.5) is 0 Å². The van der Waals surface area contributed by atoms with E-state index in [2.05, 4.69) is 21.7 Å². The molecule has 6 nitrogen and oxygen atoms in total. The number of nitrogens with zero attached hydrogens (tertiary/aromatic N) is 2. The number of rotatable bonds is 10. The number of aryl methyl sites for hydroxylation is 1. The zero-order valence-electron chi connectivity index (χ0n) is 17.3. The summed E-state index contributed by atoms with van der Waals surface area (Å²) in [4.78, 5) is 18.5. The lowest BCUT2D eigenvalue weighted by Crippen LogP contribution is -2.40. The number of aliphatic imine (C=N–C) groups is 1. The van der Waals surface area contributed by atoms with Crippen molar-refractivity contribution in [3.63, 3.8) is 0 Å². The molecule has 0 bridgehead atoms. The summed E-state index contributed by atoms with van der Waals surface area (Å²) in [5.74, 6) is 1.81. The third kappa shape index (κ3) is 9.30. The van der Waals surface area contributed by atoms with Crippen LogP contribution in [0.5, 0.6) is 5.75 Å². The summed E-state index contributed by atoms with van der Waals surface area (Å²) in [6, 6.07) is 6.13. The molecule has 0 saturated heterocycles. The van der Waals surface area contributed by atoms with Crippen LogP contribution in [0.1, 0.15) is 45.2 Å². The van der Waals surface area contributed by atoms with Crippen LogP contribution in [0.15, 0.2) is 23.2 Å². The van der Waals surface area contributed by atoms with Gasteiger partial charge in [-0.3, -0.25) is 4.79 Å². The molecular weight excluding hydrogens is 455 g/mol. The van der Waals surface area contributed by atoms with Gasteiger partial charge in [0.25, 0.3) is 0 Å². The van der Waals surface area contributed by atoms with E-state index >= 15 is 0 Å². The molecule has 0 aliphatic rings. The maximum absolute atomic E-state index is 12.1. The number of hydrogen-bond acceptors (Lipinski definition) is 3. The number of carbonyl (C=O) groups excluding carboxylic acids is 1. The van der Waals surface area contributed by atoms with Crippen molar-refractivity contribution < 1.29 is 9.53 Å². The normalized spacial score (nSPS) is 10.8. The summed E-state index contributed by atoms with van der Waals surface area (Å²) in [6.07, 6.45) is 0.467. The second kappa shape index (κ2) is 14.5. The number of ether oxygens (including phenoxy) is 1. The number of carbonyl (C=O) groups is 1. The van der Waals surface area contributed by atoms with Gasteiger partial charge in [-0.05, 0) is 51.8 Å². The molecule has 0 radical (unpaired) electrons. The molecule has 0 atom stereocenters. The highest BCUT2D eigenvalue weighted by Gasteiger charge is 2.09. The molecule has 0 spiro atoms. The topological polar surface area (TPSA) is 66.0 Å². The highest BCUT2D eigenvalue weighted by atomic mass is 127. The van der Waals surface area contributed by atoms with E-state index in [0.717, 1.165) is 42.5 Å². The summed E-state index contributed by atoms with van der Waals surface area (Å²) in [6.45, 7) is 14.1. The second-order valence-corrected chi connectivity index (χ2v) is 5.97. The number of hydrogen-bond donors (Lipinski definition) is 2. The molecule has 2 N–H and O–H groups in total. The zero-order chi connectivity index (χ0) is 19.4. The number of nitrogens with one attached hydrogen (secondary N) is 2. The Bertz CT molecular complexity index is 589. The fraction of sp³-hybridized carbons (Fsp3) is 0.600. The molecular formula is C20H35IN4O2. The first-order valence-electron chi connectivity index (χ1n) is 9.57. The van der Waals surface area contributed by atoms with E-state index in [1.54, 1.807) is 0 Å². The van der Waals surface area contributed by atoms with Gasteiger partial charge in [-0.2, -0.15) is 0 Å². The van der Waals surface area contributed by atoms with Gasteiger partial charge in [0.05, 0.1) is 13.2 Å². The van der Waals surface area contributed by atoms with Crippen molar-refractivity contribution in [1.29, 1.82) is 0 Å². The summed E-state index contributed by atoms with van der Waals surface area (Å²) >= 11 is 0. The molecule has 0 aromatic heterocycles. The second-order valence-electron chi connectivity index (χ2n) is 5.97. The van der Waals surface area contributed by atoms with Crippen LogP contribution in [0, 0.1) is 6.92 Å². The highest BCUT2D eigenvalue weighted by molar-refractivity contribution is 14.0. The number of benzene rings is 1. The number of guanidine groups is 1. The van der Waals surface area contributed by atoms with Crippen LogP contribution in [-0.4, -0.2) is 49.6 Å². The van der Waals surface area contributed by atoms with E-state index in [9.17, 15) is 4.79 Å². The van der Waals surface area contributed by atoms with Gasteiger partial charge < -0.3 is 20.3 Å². The third-order valence-corrected chi connectivity index (χ3v) is 4.05. The maximum Gasteiger partial charge on any atom is 0.224 e. The smallest absolute Gasteiger partial charge is 0.224 e. The van der Waals surface area contributed by atoms with Gasteiger partial charge >= 0.3 is 0 Å². The number of amides is 1. The molecule has 0 heterocycles. The van der Waals surface area contributed by atoms with Crippen molar-refractivity contribution in [3.8, 4) is 5.75 Å². The van der Waals surface area contributed by atoms with Crippen LogP contribution < -0.4 is 15.4 Å². The van der Waals surface area contributed by atoms with Crippen LogP contribution in [-0.2, 0) is 11.3 Å². The molecule has 0 aliphatic carbocycles. The van der Waals surface area contributed by atoms with Gasteiger partial charge in [0.1, 0.15) is 5.75 Å². The molecule has 154 valence electrons. The Balaban J connectivity index is 0.00000676. The Morgan fingerprint density at radius 2 is 1.85 bits per heavy atom. The van der Waals surface area contributed by atoms with Crippen LogP contribution in [0.2, 0.25) is 0 Å². The average molecular weight is 490 g/mol. The molecule has 27 heavy (non-hydrogen) atoms. The third-order valence-electron chi connectivity index (χ3n) is 4.05. The SMILES string of the molecule is CCNC(=NCc1ccc(OCC)c(C)c1)NCCC(=O)N(CC)CC.I. The lowest BCUT2D eigenvalue weighted by Gasteiger charge is -2.19. The summed E-state index contributed by atoms with van der Waals surface area (Å²) in [5, 5.41) is 6.46. The van der Waals surface area contributed by atoms with Crippen LogP contribution >= 0.6 is 24.0 Å². The quantitative estimate of drug-likeness (QED) is 0.300. The van der Waals surface area contributed by atoms with E-state index in [1.165, 1.54) is 0 Å². The van der Waals surface area contributed by atoms with Gasteiger partial charge in [0.15, 0.2) is 5.96 Å². The van der Waals surface area contributed by atoms with E-state index in [-0.39, 0.29) is 29.9 Å². The molecule has 1 aromatic rings. The highest BCUT2D eigenvalue weighted by Crippen LogP contribution is 2.19. The van der Waals surface area contributed by atoms with Crippen LogP contribution in [0.25, 0.3) is 0 Å². The van der Waals surface area contributed by atoms with Crippen molar-refractivity contribution in [1.82, 2.24) is 15.5 Å². The van der Waals surface area contributed by atoms with Crippen LogP contribution in [0.3, 0.4) is 0 Å². The fourth-order valence-corrected chi connectivity index (χ4v) is 2.66. The molecule has 0 saturated carbocycles. The Kier molecular flexibility index (Phi) is 13.7. The van der Waals surface area contributed by atoms with E-state index in [0.29, 0.717) is 26.1 Å². The molecule has 1 amide bonds. The standard InChI is InChI=1S/C20H34N4O2.HI/c1-6-21-20(22-13-12-19(25)24(7-2)8-3)23-15-17-10-11-18(26-9-4)16(5)14-17;/h10-11,14H,6-9,12-13,15H2,1-5H3,(H2,21,22,23);1H. The lowest BCUT2D eigenvalue weighted by molar-refractivity contribution is -0.130. The lowest BCUT2D eigenvalue weighted by atomic mass is 10.1. The van der Waals surface area contributed by atoms with Crippen molar-refractivity contribution in [2.75, 3.05) is 32.8 Å². The Morgan fingerprint density at radius 3 is 2.41 bits per heavy atom. The molecule has 0 aliphatic heterocycles. The summed E-state index contributed by atoms with van der Waals surface area (Å²) in [7, 11) is 0. The minimum absolute atomic E-state index is 0. The maximum atomic E-state index is 12.1. The molecule has 1 rings (SSSR count). The first-order chi connectivity index (χ1) is 12.5.